The van der Waals surface area contributed by atoms with Crippen LogP contribution in [0.25, 0.3) is 0 Å². The van der Waals surface area contributed by atoms with E-state index in [1.807, 2.05) is 7.05 Å². The van der Waals surface area contributed by atoms with Gasteiger partial charge in [0.05, 0.1) is 6.04 Å². The fourth-order valence-electron chi connectivity index (χ4n) is 3.14. The highest BCUT2D eigenvalue weighted by Gasteiger charge is 2.29. The van der Waals surface area contributed by atoms with Gasteiger partial charge in [0.2, 0.25) is 5.91 Å². The van der Waals surface area contributed by atoms with E-state index in [4.69, 9.17) is 4.99 Å². The van der Waals surface area contributed by atoms with Crippen LogP contribution in [0.3, 0.4) is 0 Å². The molecule has 1 amide bonds. The minimum absolute atomic E-state index is 0. The second kappa shape index (κ2) is 9.43. The molecule has 4 nitrogen and oxygen atoms in total. The molecule has 1 saturated carbocycles. The summed E-state index contributed by atoms with van der Waals surface area (Å²) >= 11 is 1.76. The quantitative estimate of drug-likeness (QED) is 0.842. The fraction of sp³-hybridized carbons (Fsp3) is 0.556. The summed E-state index contributed by atoms with van der Waals surface area (Å²) in [4.78, 5) is 19.2. The molecule has 7 heteroatoms. The van der Waals surface area contributed by atoms with Gasteiger partial charge in [0.1, 0.15) is 5.82 Å². The van der Waals surface area contributed by atoms with Crippen LogP contribution in [0.1, 0.15) is 37.7 Å². The Labute approximate surface area is 159 Å². The number of thioether (sulfide) groups is 1. The van der Waals surface area contributed by atoms with Gasteiger partial charge in [-0.15, -0.1) is 12.4 Å². The molecule has 1 N–H and O–H groups in total. The van der Waals surface area contributed by atoms with Crippen LogP contribution < -0.4 is 5.32 Å². The summed E-state index contributed by atoms with van der Waals surface area (Å²) in [7, 11) is 2.03. The zero-order valence-corrected chi connectivity index (χ0v) is 16.0. The van der Waals surface area contributed by atoms with Crippen LogP contribution in [0.5, 0.6) is 0 Å². The van der Waals surface area contributed by atoms with Crippen molar-refractivity contribution in [2.24, 2.45) is 4.99 Å². The Morgan fingerprint density at radius 1 is 1.32 bits per heavy atom. The number of carbonyl (C=O) groups is 1. The number of halogens is 2. The Morgan fingerprint density at radius 3 is 2.68 bits per heavy atom. The van der Waals surface area contributed by atoms with Crippen molar-refractivity contribution in [2.75, 3.05) is 12.8 Å². The average molecular weight is 386 g/mol. The first-order valence-electron chi connectivity index (χ1n) is 8.56. The second-order valence-electron chi connectivity index (χ2n) is 6.53. The molecule has 1 aliphatic heterocycles. The third kappa shape index (κ3) is 5.61. The lowest BCUT2D eigenvalue weighted by Crippen LogP contribution is -2.36. The number of amides is 1. The van der Waals surface area contributed by atoms with Gasteiger partial charge in [0, 0.05) is 31.8 Å². The average Bonchev–Trinajstić information content (AvgIpc) is 3.20. The molecule has 0 bridgehead atoms. The molecule has 3 rings (SSSR count). The van der Waals surface area contributed by atoms with Crippen LogP contribution in [-0.4, -0.2) is 40.9 Å². The molecule has 2 aliphatic rings. The van der Waals surface area contributed by atoms with E-state index in [2.05, 4.69) is 10.2 Å². The number of rotatable bonds is 5. The molecule has 0 radical (unpaired) electrons. The number of nitrogens with zero attached hydrogens (tertiary/aromatic N) is 2. The summed E-state index contributed by atoms with van der Waals surface area (Å²) in [6.45, 7) is 0.436. The Balaban J connectivity index is 0.00000225. The lowest BCUT2D eigenvalue weighted by atomic mass is 10.2. The van der Waals surface area contributed by atoms with Crippen LogP contribution >= 0.6 is 24.2 Å². The first-order chi connectivity index (χ1) is 11.6. The molecule has 1 aliphatic carbocycles. The maximum absolute atomic E-state index is 12.9. The van der Waals surface area contributed by atoms with Crippen LogP contribution in [0, 0.1) is 5.82 Å². The molecule has 0 spiro atoms. The SMILES string of the molecule is CN1/C(=N/C2CCCC2)SCC1CC(=O)NCc1ccc(F)cc1.Cl. The summed E-state index contributed by atoms with van der Waals surface area (Å²) in [5.74, 6) is 0.675. The molecular formula is C18H25ClFN3OS. The molecule has 1 aromatic carbocycles. The molecule has 25 heavy (non-hydrogen) atoms. The van der Waals surface area contributed by atoms with Crippen molar-refractivity contribution in [1.29, 1.82) is 0 Å². The summed E-state index contributed by atoms with van der Waals surface area (Å²) in [5.41, 5.74) is 0.905. The zero-order valence-electron chi connectivity index (χ0n) is 14.4. The van der Waals surface area contributed by atoms with E-state index in [0.717, 1.165) is 16.5 Å². The Bertz CT molecular complexity index is 605. The van der Waals surface area contributed by atoms with Gasteiger partial charge in [0.15, 0.2) is 5.17 Å². The first-order valence-corrected chi connectivity index (χ1v) is 9.55. The largest absolute Gasteiger partial charge is 0.352 e. The lowest BCUT2D eigenvalue weighted by Gasteiger charge is -2.21. The number of carbonyl (C=O) groups excluding carboxylic acids is 1. The third-order valence-corrected chi connectivity index (χ3v) is 5.90. The molecule has 2 fully saturated rings. The van der Waals surface area contributed by atoms with Crippen LogP contribution in [0.15, 0.2) is 29.3 Å². The first kappa shape index (κ1) is 20.0. The van der Waals surface area contributed by atoms with Crippen molar-refractivity contribution >= 4 is 35.2 Å². The summed E-state index contributed by atoms with van der Waals surface area (Å²) in [6, 6.07) is 6.88. The van der Waals surface area contributed by atoms with Crippen LogP contribution in [0.2, 0.25) is 0 Å². The van der Waals surface area contributed by atoms with Gasteiger partial charge in [-0.2, -0.15) is 0 Å². The van der Waals surface area contributed by atoms with Gasteiger partial charge in [-0.1, -0.05) is 36.7 Å². The van der Waals surface area contributed by atoms with Crippen molar-refractivity contribution in [3.8, 4) is 0 Å². The number of hydrogen-bond donors (Lipinski definition) is 1. The Kier molecular flexibility index (Phi) is 7.56. The molecule has 1 unspecified atom stereocenters. The van der Waals surface area contributed by atoms with Gasteiger partial charge in [0.25, 0.3) is 0 Å². The summed E-state index contributed by atoms with van der Waals surface area (Å²) in [5, 5.41) is 4.00. The lowest BCUT2D eigenvalue weighted by molar-refractivity contribution is -0.121. The van der Waals surface area contributed by atoms with E-state index >= 15 is 0 Å². The highest BCUT2D eigenvalue weighted by Crippen LogP contribution is 2.28. The highest BCUT2D eigenvalue weighted by molar-refractivity contribution is 8.14. The van der Waals surface area contributed by atoms with Crippen molar-refractivity contribution in [2.45, 2.75) is 50.7 Å². The molecule has 1 aromatic rings. The predicted molar refractivity (Wildman–Crippen MR) is 104 cm³/mol. The number of nitrogens with one attached hydrogen (secondary N) is 1. The minimum Gasteiger partial charge on any atom is -0.352 e. The van der Waals surface area contributed by atoms with Gasteiger partial charge >= 0.3 is 0 Å². The van der Waals surface area contributed by atoms with E-state index in [1.165, 1.54) is 37.8 Å². The highest BCUT2D eigenvalue weighted by atomic mass is 35.5. The van der Waals surface area contributed by atoms with Crippen molar-refractivity contribution in [3.63, 3.8) is 0 Å². The smallest absolute Gasteiger partial charge is 0.222 e. The molecule has 0 aromatic heterocycles. The van der Waals surface area contributed by atoms with E-state index in [0.29, 0.717) is 19.0 Å². The van der Waals surface area contributed by atoms with E-state index in [-0.39, 0.29) is 30.2 Å². The van der Waals surface area contributed by atoms with Crippen LogP contribution in [0.4, 0.5) is 4.39 Å². The maximum Gasteiger partial charge on any atom is 0.222 e. The van der Waals surface area contributed by atoms with Crippen molar-refractivity contribution in [1.82, 2.24) is 10.2 Å². The Hall–Kier alpha value is -1.27. The van der Waals surface area contributed by atoms with Crippen LogP contribution in [-0.2, 0) is 11.3 Å². The van der Waals surface area contributed by atoms with E-state index < -0.39 is 0 Å². The van der Waals surface area contributed by atoms with Gasteiger partial charge in [-0.3, -0.25) is 9.79 Å². The number of hydrogen-bond acceptors (Lipinski definition) is 3. The molecule has 1 saturated heterocycles. The van der Waals surface area contributed by atoms with Gasteiger partial charge in [-0.25, -0.2) is 4.39 Å². The molecule has 1 heterocycles. The maximum atomic E-state index is 12.9. The molecule has 138 valence electrons. The number of amidine groups is 1. The second-order valence-corrected chi connectivity index (χ2v) is 7.52. The predicted octanol–water partition coefficient (Wildman–Crippen LogP) is 3.60. The molecule has 1 atom stereocenters. The molecular weight excluding hydrogens is 361 g/mol. The summed E-state index contributed by atoms with van der Waals surface area (Å²) in [6.07, 6.45) is 5.42. The normalized spacial score (nSPS) is 22.2. The Morgan fingerprint density at radius 2 is 2.00 bits per heavy atom. The topological polar surface area (TPSA) is 44.7 Å². The van der Waals surface area contributed by atoms with E-state index in [9.17, 15) is 9.18 Å². The summed E-state index contributed by atoms with van der Waals surface area (Å²) < 4.78 is 12.9. The third-order valence-electron chi connectivity index (χ3n) is 4.70. The van der Waals surface area contributed by atoms with E-state index in [1.54, 1.807) is 23.9 Å². The monoisotopic (exact) mass is 385 g/mol. The fourth-order valence-corrected chi connectivity index (χ4v) is 4.40. The zero-order chi connectivity index (χ0) is 16.9. The van der Waals surface area contributed by atoms with Gasteiger partial charge in [-0.05, 0) is 30.5 Å². The van der Waals surface area contributed by atoms with Gasteiger partial charge < -0.3 is 10.2 Å². The van der Waals surface area contributed by atoms with Crippen molar-refractivity contribution < 1.29 is 9.18 Å². The minimum atomic E-state index is -0.260. The van der Waals surface area contributed by atoms with Crippen molar-refractivity contribution in [3.05, 3.63) is 35.6 Å². The number of benzene rings is 1. The number of aliphatic imine (C=N–C) groups is 1. The standard InChI is InChI=1S/C18H24FN3OS.ClH/c1-22-16(12-24-18(22)21-15-4-2-3-5-15)10-17(23)20-11-13-6-8-14(19)9-7-13;/h6-9,15-16H,2-5,10-12H2,1H3,(H,20,23);1H/b21-18-;.